The molecule has 0 aliphatic carbocycles. The Hall–Kier alpha value is -2.02. The number of benzene rings is 1. The van der Waals surface area contributed by atoms with Gasteiger partial charge in [0.1, 0.15) is 0 Å². The molecule has 0 bridgehead atoms. The summed E-state index contributed by atoms with van der Waals surface area (Å²) in [7, 11) is 0. The van der Waals surface area contributed by atoms with Gasteiger partial charge in [-0.3, -0.25) is 4.79 Å². The molecular formula is C20H31N5OS. The van der Waals surface area contributed by atoms with Gasteiger partial charge in [-0.15, -0.1) is 10.2 Å². The minimum absolute atomic E-state index is 0.0325. The van der Waals surface area contributed by atoms with Gasteiger partial charge in [-0.25, -0.2) is 0 Å². The standard InChI is InChI=1S/C20H31N5OS/c1-6-15(5)21-18(26)14-27-20-23-22-19(25(20)9-4)16-10-12-17(13-11-16)24(7-2)8-3/h10-13,15H,6-9,14H2,1-5H3,(H,21,26). The van der Waals surface area contributed by atoms with E-state index in [0.29, 0.717) is 5.75 Å². The predicted molar refractivity (Wildman–Crippen MR) is 113 cm³/mol. The summed E-state index contributed by atoms with van der Waals surface area (Å²) in [5.74, 6) is 1.22. The molecule has 1 aromatic heterocycles. The van der Waals surface area contributed by atoms with E-state index < -0.39 is 0 Å². The number of aromatic nitrogens is 3. The fourth-order valence-electron chi connectivity index (χ4n) is 2.85. The van der Waals surface area contributed by atoms with Crippen molar-refractivity contribution < 1.29 is 4.79 Å². The first-order valence-electron chi connectivity index (χ1n) is 9.74. The number of rotatable bonds is 10. The molecule has 148 valence electrons. The van der Waals surface area contributed by atoms with Gasteiger partial charge in [0.2, 0.25) is 5.91 Å². The van der Waals surface area contributed by atoms with E-state index >= 15 is 0 Å². The number of anilines is 1. The van der Waals surface area contributed by atoms with Crippen LogP contribution in [0.5, 0.6) is 0 Å². The Bertz CT molecular complexity index is 724. The maximum atomic E-state index is 12.0. The summed E-state index contributed by atoms with van der Waals surface area (Å²) in [6, 6.07) is 8.64. The second kappa shape index (κ2) is 10.3. The Morgan fingerprint density at radius 2 is 1.81 bits per heavy atom. The van der Waals surface area contributed by atoms with Crippen LogP contribution >= 0.6 is 11.8 Å². The third-order valence-electron chi connectivity index (χ3n) is 4.64. The first kappa shape index (κ1) is 21.3. The minimum Gasteiger partial charge on any atom is -0.372 e. The van der Waals surface area contributed by atoms with Crippen molar-refractivity contribution in [3.8, 4) is 11.4 Å². The molecule has 1 amide bonds. The van der Waals surface area contributed by atoms with Gasteiger partial charge in [0.05, 0.1) is 5.75 Å². The molecule has 1 atom stereocenters. The van der Waals surface area contributed by atoms with Crippen molar-refractivity contribution >= 4 is 23.4 Å². The highest BCUT2D eigenvalue weighted by Crippen LogP contribution is 2.26. The quantitative estimate of drug-likeness (QED) is 0.626. The van der Waals surface area contributed by atoms with Crippen molar-refractivity contribution in [1.82, 2.24) is 20.1 Å². The molecule has 1 N–H and O–H groups in total. The number of nitrogens with zero attached hydrogens (tertiary/aromatic N) is 4. The van der Waals surface area contributed by atoms with E-state index in [4.69, 9.17) is 0 Å². The molecule has 0 aliphatic rings. The van der Waals surface area contributed by atoms with Crippen LogP contribution in [0.1, 0.15) is 41.0 Å². The molecule has 7 heteroatoms. The topological polar surface area (TPSA) is 63.1 Å². The molecule has 0 saturated heterocycles. The van der Waals surface area contributed by atoms with Crippen molar-refractivity contribution in [1.29, 1.82) is 0 Å². The van der Waals surface area contributed by atoms with E-state index in [-0.39, 0.29) is 11.9 Å². The number of hydrogen-bond acceptors (Lipinski definition) is 5. The van der Waals surface area contributed by atoms with Crippen molar-refractivity contribution in [3.63, 3.8) is 0 Å². The summed E-state index contributed by atoms with van der Waals surface area (Å²) >= 11 is 1.43. The van der Waals surface area contributed by atoms with Crippen LogP contribution in [0.3, 0.4) is 0 Å². The molecule has 0 radical (unpaired) electrons. The number of carbonyl (C=O) groups excluding carboxylic acids is 1. The fourth-order valence-corrected chi connectivity index (χ4v) is 3.67. The molecule has 2 rings (SSSR count). The van der Waals surface area contributed by atoms with E-state index in [1.165, 1.54) is 17.4 Å². The van der Waals surface area contributed by atoms with E-state index in [0.717, 1.165) is 42.6 Å². The Kier molecular flexibility index (Phi) is 8.16. The largest absolute Gasteiger partial charge is 0.372 e. The highest BCUT2D eigenvalue weighted by atomic mass is 32.2. The number of nitrogens with one attached hydrogen (secondary N) is 1. The number of hydrogen-bond donors (Lipinski definition) is 1. The molecule has 0 fully saturated rings. The lowest BCUT2D eigenvalue weighted by Crippen LogP contribution is -2.33. The molecule has 1 heterocycles. The van der Waals surface area contributed by atoms with Crippen LogP contribution < -0.4 is 10.2 Å². The average Bonchev–Trinajstić information content (AvgIpc) is 3.10. The summed E-state index contributed by atoms with van der Waals surface area (Å²) in [6.45, 7) is 13.2. The molecule has 0 aliphatic heterocycles. The second-order valence-electron chi connectivity index (χ2n) is 6.44. The van der Waals surface area contributed by atoms with Crippen molar-refractivity contribution in [3.05, 3.63) is 24.3 Å². The average molecular weight is 390 g/mol. The zero-order valence-corrected chi connectivity index (χ0v) is 17.8. The Morgan fingerprint density at radius 3 is 2.37 bits per heavy atom. The molecular weight excluding hydrogens is 358 g/mol. The van der Waals surface area contributed by atoms with E-state index in [2.05, 4.69) is 76.9 Å². The lowest BCUT2D eigenvalue weighted by molar-refractivity contribution is -0.119. The van der Waals surface area contributed by atoms with Crippen molar-refractivity contribution in [2.45, 2.75) is 58.8 Å². The second-order valence-corrected chi connectivity index (χ2v) is 7.38. The zero-order chi connectivity index (χ0) is 19.8. The van der Waals surface area contributed by atoms with Crippen LogP contribution in [-0.2, 0) is 11.3 Å². The van der Waals surface area contributed by atoms with Gasteiger partial charge in [0, 0.05) is 36.9 Å². The smallest absolute Gasteiger partial charge is 0.230 e. The first-order valence-corrected chi connectivity index (χ1v) is 10.7. The molecule has 2 aromatic rings. The predicted octanol–water partition coefficient (Wildman–Crippen LogP) is 3.82. The van der Waals surface area contributed by atoms with Crippen LogP contribution in [0.15, 0.2) is 29.4 Å². The first-order chi connectivity index (χ1) is 13.0. The van der Waals surface area contributed by atoms with E-state index in [1.54, 1.807) is 0 Å². The van der Waals surface area contributed by atoms with E-state index in [9.17, 15) is 4.79 Å². The maximum Gasteiger partial charge on any atom is 0.230 e. The van der Waals surface area contributed by atoms with Gasteiger partial charge >= 0.3 is 0 Å². The van der Waals surface area contributed by atoms with Crippen molar-refractivity contribution in [2.24, 2.45) is 0 Å². The Balaban J connectivity index is 2.12. The van der Waals surface area contributed by atoms with Gasteiger partial charge in [0.25, 0.3) is 0 Å². The van der Waals surface area contributed by atoms with Crippen LogP contribution in [0.25, 0.3) is 11.4 Å². The molecule has 1 aromatic carbocycles. The Morgan fingerprint density at radius 1 is 1.15 bits per heavy atom. The third kappa shape index (κ3) is 5.48. The van der Waals surface area contributed by atoms with Crippen LogP contribution in [-0.4, -0.2) is 45.6 Å². The maximum absolute atomic E-state index is 12.0. The third-order valence-corrected chi connectivity index (χ3v) is 5.61. The van der Waals surface area contributed by atoms with Crippen LogP contribution in [0.4, 0.5) is 5.69 Å². The summed E-state index contributed by atoms with van der Waals surface area (Å²) in [6.07, 6.45) is 0.926. The molecule has 1 unspecified atom stereocenters. The SMILES string of the molecule is CCC(C)NC(=O)CSc1nnc(-c2ccc(N(CC)CC)cc2)n1CC. The molecule has 27 heavy (non-hydrogen) atoms. The molecule has 0 saturated carbocycles. The van der Waals surface area contributed by atoms with Gasteiger partial charge < -0.3 is 14.8 Å². The number of amides is 1. The van der Waals surface area contributed by atoms with Gasteiger partial charge in [-0.2, -0.15) is 0 Å². The van der Waals surface area contributed by atoms with Crippen molar-refractivity contribution in [2.75, 3.05) is 23.7 Å². The molecule has 6 nitrogen and oxygen atoms in total. The summed E-state index contributed by atoms with van der Waals surface area (Å²) < 4.78 is 2.06. The number of thioether (sulfide) groups is 1. The fraction of sp³-hybridized carbons (Fsp3) is 0.550. The van der Waals surface area contributed by atoms with Gasteiger partial charge in [-0.05, 0) is 58.4 Å². The minimum atomic E-state index is 0.0325. The molecule has 0 spiro atoms. The lowest BCUT2D eigenvalue weighted by Gasteiger charge is -2.21. The normalized spacial score (nSPS) is 12.0. The van der Waals surface area contributed by atoms with E-state index in [1.807, 2.05) is 6.92 Å². The Labute approximate surface area is 166 Å². The monoisotopic (exact) mass is 389 g/mol. The summed E-state index contributed by atoms with van der Waals surface area (Å²) in [4.78, 5) is 14.3. The zero-order valence-electron chi connectivity index (χ0n) is 17.0. The highest BCUT2D eigenvalue weighted by Gasteiger charge is 2.15. The summed E-state index contributed by atoms with van der Waals surface area (Å²) in [5, 5.41) is 12.4. The van der Waals surface area contributed by atoms with Crippen LogP contribution in [0.2, 0.25) is 0 Å². The van der Waals surface area contributed by atoms with Gasteiger partial charge in [0.15, 0.2) is 11.0 Å². The highest BCUT2D eigenvalue weighted by molar-refractivity contribution is 7.99. The van der Waals surface area contributed by atoms with Crippen LogP contribution in [0, 0.1) is 0 Å². The lowest BCUT2D eigenvalue weighted by atomic mass is 10.2. The summed E-state index contributed by atoms with van der Waals surface area (Å²) in [5.41, 5.74) is 2.25. The van der Waals surface area contributed by atoms with Gasteiger partial charge in [-0.1, -0.05) is 18.7 Å². The number of carbonyl (C=O) groups is 1.